The summed E-state index contributed by atoms with van der Waals surface area (Å²) in [5.41, 5.74) is 0.421. The molecule has 1 amide bonds. The van der Waals surface area contributed by atoms with Crippen LogP contribution in [-0.2, 0) is 19.6 Å². The first-order valence-electron chi connectivity index (χ1n) is 10.1. The van der Waals surface area contributed by atoms with E-state index in [4.69, 9.17) is 4.74 Å². The number of hydrogen-bond acceptors (Lipinski definition) is 7. The van der Waals surface area contributed by atoms with Crippen LogP contribution in [0, 0.1) is 0 Å². The average Bonchev–Trinajstić information content (AvgIpc) is 3.26. The Labute approximate surface area is 190 Å². The number of anilines is 1. The van der Waals surface area contributed by atoms with Crippen LogP contribution >= 0.6 is 11.3 Å². The maximum atomic E-state index is 13.1. The van der Waals surface area contributed by atoms with Crippen molar-refractivity contribution in [1.29, 1.82) is 0 Å². The molecule has 1 N–H and O–H groups in total. The van der Waals surface area contributed by atoms with Crippen molar-refractivity contribution in [3.63, 3.8) is 0 Å². The summed E-state index contributed by atoms with van der Waals surface area (Å²) in [5, 5.41) is 6.31. The lowest BCUT2D eigenvalue weighted by Gasteiger charge is -2.33. The van der Waals surface area contributed by atoms with E-state index in [0.29, 0.717) is 36.7 Å². The Morgan fingerprint density at radius 1 is 1.03 bits per heavy atom. The molecular weight excluding hydrogens is 450 g/mol. The van der Waals surface area contributed by atoms with Crippen molar-refractivity contribution in [2.75, 3.05) is 45.2 Å². The van der Waals surface area contributed by atoms with Crippen molar-refractivity contribution >= 4 is 49.7 Å². The first-order valence-corrected chi connectivity index (χ1v) is 12.4. The van der Waals surface area contributed by atoms with E-state index in [1.165, 1.54) is 22.8 Å². The van der Waals surface area contributed by atoms with Crippen LogP contribution in [0.3, 0.4) is 0 Å². The summed E-state index contributed by atoms with van der Waals surface area (Å²) >= 11 is 1.20. The third kappa shape index (κ3) is 4.68. The highest BCUT2D eigenvalue weighted by molar-refractivity contribution is 7.89. The topological polar surface area (TPSA) is 96.0 Å². The molecule has 32 heavy (non-hydrogen) atoms. The first kappa shape index (κ1) is 22.4. The maximum Gasteiger partial charge on any atom is 0.350 e. The van der Waals surface area contributed by atoms with Gasteiger partial charge in [-0.25, -0.2) is 13.2 Å². The number of hydrogen-bond donors (Lipinski definition) is 1. The lowest BCUT2D eigenvalue weighted by molar-refractivity contribution is -0.117. The number of esters is 1. The van der Waals surface area contributed by atoms with Crippen molar-refractivity contribution < 1.29 is 22.7 Å². The molecule has 0 radical (unpaired) electrons. The van der Waals surface area contributed by atoms with Gasteiger partial charge in [0.15, 0.2) is 0 Å². The second-order valence-corrected chi connectivity index (χ2v) is 10.2. The van der Waals surface area contributed by atoms with E-state index >= 15 is 0 Å². The molecule has 0 saturated carbocycles. The summed E-state index contributed by atoms with van der Waals surface area (Å²) < 4.78 is 32.3. The molecule has 0 spiro atoms. The second-order valence-electron chi connectivity index (χ2n) is 7.39. The molecule has 10 heteroatoms. The minimum absolute atomic E-state index is 0.111. The molecule has 168 valence electrons. The number of carbonyl (C=O) groups is 2. The van der Waals surface area contributed by atoms with Crippen LogP contribution in [0.2, 0.25) is 0 Å². The number of sulfonamides is 1. The minimum atomic E-state index is -3.61. The van der Waals surface area contributed by atoms with Gasteiger partial charge in [-0.3, -0.25) is 9.69 Å². The molecule has 0 bridgehead atoms. The van der Waals surface area contributed by atoms with E-state index in [1.807, 2.05) is 35.2 Å². The number of ether oxygens (including phenoxy) is 1. The van der Waals surface area contributed by atoms with E-state index in [2.05, 4.69) is 5.32 Å². The Morgan fingerprint density at radius 2 is 1.75 bits per heavy atom. The minimum Gasteiger partial charge on any atom is -0.465 e. The van der Waals surface area contributed by atoms with Gasteiger partial charge in [0.05, 0.1) is 24.2 Å². The molecule has 1 aliphatic heterocycles. The predicted octanol–water partition coefficient (Wildman–Crippen LogP) is 2.63. The highest BCUT2D eigenvalue weighted by atomic mass is 32.2. The quantitative estimate of drug-likeness (QED) is 0.553. The third-order valence-electron chi connectivity index (χ3n) is 5.37. The molecule has 1 aromatic heterocycles. The van der Waals surface area contributed by atoms with Gasteiger partial charge in [-0.05, 0) is 34.4 Å². The molecule has 3 aromatic rings. The lowest BCUT2D eigenvalue weighted by Crippen LogP contribution is -2.50. The van der Waals surface area contributed by atoms with Gasteiger partial charge in [0.2, 0.25) is 15.9 Å². The monoisotopic (exact) mass is 473 g/mol. The van der Waals surface area contributed by atoms with E-state index < -0.39 is 16.0 Å². The van der Waals surface area contributed by atoms with Gasteiger partial charge in [-0.15, -0.1) is 11.3 Å². The first-order chi connectivity index (χ1) is 15.4. The number of thiophene rings is 1. The van der Waals surface area contributed by atoms with Crippen LogP contribution in [0.4, 0.5) is 5.69 Å². The molecule has 2 heterocycles. The van der Waals surface area contributed by atoms with Crippen molar-refractivity contribution in [1.82, 2.24) is 9.21 Å². The Hall–Kier alpha value is -2.79. The number of fused-ring (bicyclic) bond motifs is 1. The van der Waals surface area contributed by atoms with Crippen LogP contribution in [-0.4, -0.2) is 69.3 Å². The van der Waals surface area contributed by atoms with Crippen molar-refractivity contribution in [2.45, 2.75) is 4.90 Å². The number of carbonyl (C=O) groups excluding carboxylic acids is 2. The van der Waals surface area contributed by atoms with E-state index in [0.717, 1.165) is 10.8 Å². The number of nitrogens with zero attached hydrogens (tertiary/aromatic N) is 2. The predicted molar refractivity (Wildman–Crippen MR) is 123 cm³/mol. The highest BCUT2D eigenvalue weighted by Crippen LogP contribution is 2.24. The molecule has 0 unspecified atom stereocenters. The van der Waals surface area contributed by atoms with E-state index in [9.17, 15) is 18.0 Å². The number of piperazine rings is 1. The maximum absolute atomic E-state index is 13.1. The van der Waals surface area contributed by atoms with Gasteiger partial charge in [0.1, 0.15) is 4.88 Å². The number of nitrogens with one attached hydrogen (secondary N) is 1. The van der Waals surface area contributed by atoms with Crippen molar-refractivity contribution in [2.24, 2.45) is 0 Å². The van der Waals surface area contributed by atoms with E-state index in [-0.39, 0.29) is 17.3 Å². The lowest BCUT2D eigenvalue weighted by atomic mass is 10.1. The molecule has 1 saturated heterocycles. The fourth-order valence-corrected chi connectivity index (χ4v) is 5.88. The molecule has 1 fully saturated rings. The third-order valence-corrected chi connectivity index (χ3v) is 8.16. The molecule has 1 aliphatic rings. The average molecular weight is 474 g/mol. The Balaban J connectivity index is 1.36. The van der Waals surface area contributed by atoms with Gasteiger partial charge in [-0.2, -0.15) is 4.31 Å². The molecule has 2 aromatic carbocycles. The summed E-state index contributed by atoms with van der Waals surface area (Å²) in [6.45, 7) is 1.59. The highest BCUT2D eigenvalue weighted by Gasteiger charge is 2.29. The summed E-state index contributed by atoms with van der Waals surface area (Å²) in [6, 6.07) is 14.4. The zero-order valence-electron chi connectivity index (χ0n) is 17.5. The zero-order chi connectivity index (χ0) is 22.7. The molecule has 4 rings (SSSR count). The second kappa shape index (κ2) is 9.37. The SMILES string of the molecule is COC(=O)c1sccc1NC(=O)CN1CCN(S(=O)(=O)c2ccc3ccccc3c2)CC1. The van der Waals surface area contributed by atoms with Crippen molar-refractivity contribution in [3.8, 4) is 0 Å². The Bertz CT molecular complexity index is 1250. The fraction of sp³-hybridized carbons (Fsp3) is 0.273. The zero-order valence-corrected chi connectivity index (χ0v) is 19.1. The largest absolute Gasteiger partial charge is 0.465 e. The summed E-state index contributed by atoms with van der Waals surface area (Å²) in [7, 11) is -2.32. The van der Waals surface area contributed by atoms with Gasteiger partial charge >= 0.3 is 5.97 Å². The molecule has 0 atom stereocenters. The van der Waals surface area contributed by atoms with Gasteiger partial charge in [0, 0.05) is 26.2 Å². The molecular formula is C22H23N3O5S2. The van der Waals surface area contributed by atoms with Crippen LogP contribution in [0.15, 0.2) is 58.8 Å². The number of amides is 1. The summed E-state index contributed by atoms with van der Waals surface area (Å²) in [5.74, 6) is -0.762. The van der Waals surface area contributed by atoms with Crippen LogP contribution in [0.1, 0.15) is 9.67 Å². The van der Waals surface area contributed by atoms with Crippen LogP contribution < -0.4 is 5.32 Å². The van der Waals surface area contributed by atoms with E-state index in [1.54, 1.807) is 23.6 Å². The smallest absolute Gasteiger partial charge is 0.350 e. The van der Waals surface area contributed by atoms with Crippen molar-refractivity contribution in [3.05, 3.63) is 58.8 Å². The van der Waals surface area contributed by atoms with Crippen LogP contribution in [0.5, 0.6) is 0 Å². The number of benzene rings is 2. The normalized spacial score (nSPS) is 15.5. The molecule has 0 aliphatic carbocycles. The number of methoxy groups -OCH3 is 1. The fourth-order valence-electron chi connectivity index (χ4n) is 3.66. The van der Waals surface area contributed by atoms with Gasteiger partial charge in [-0.1, -0.05) is 30.3 Å². The number of rotatable bonds is 6. The summed E-state index contributed by atoms with van der Waals surface area (Å²) in [4.78, 5) is 26.7. The Kier molecular flexibility index (Phi) is 6.56. The van der Waals surface area contributed by atoms with Crippen LogP contribution in [0.25, 0.3) is 10.8 Å². The standard InChI is InChI=1S/C22H23N3O5S2/c1-30-22(27)21-19(8-13-31-21)23-20(26)15-24-9-11-25(12-10-24)32(28,29)18-7-6-16-4-2-3-5-17(16)14-18/h2-8,13-14H,9-12,15H2,1H3,(H,23,26). The summed E-state index contributed by atoms with van der Waals surface area (Å²) in [6.07, 6.45) is 0. The van der Waals surface area contributed by atoms with Gasteiger partial charge in [0.25, 0.3) is 0 Å². The molecule has 8 nitrogen and oxygen atoms in total. The Morgan fingerprint density at radius 3 is 2.47 bits per heavy atom. The van der Waals surface area contributed by atoms with Gasteiger partial charge < -0.3 is 10.1 Å².